The lowest BCUT2D eigenvalue weighted by Crippen LogP contribution is -2.13. The molecule has 1 heterocycles. The van der Waals surface area contributed by atoms with E-state index in [1.54, 1.807) is 18.2 Å². The quantitative estimate of drug-likeness (QED) is 0.768. The van der Waals surface area contributed by atoms with E-state index in [1.807, 2.05) is 0 Å². The Kier molecular flexibility index (Phi) is 4.39. The standard InChI is InChI=1S/C16H12FN3O3S/c17-12-3-1-6-15(9-12)24(21,22)20-13-4-2-5-14(10-13)23-16-11-18-7-8-19-16/h1-11,20H. The lowest BCUT2D eigenvalue weighted by molar-refractivity contribution is 0.460. The smallest absolute Gasteiger partial charge is 0.261 e. The van der Waals surface area contributed by atoms with Gasteiger partial charge >= 0.3 is 0 Å². The zero-order valence-electron chi connectivity index (χ0n) is 12.3. The molecular weight excluding hydrogens is 333 g/mol. The van der Waals surface area contributed by atoms with Crippen molar-refractivity contribution in [3.8, 4) is 11.6 Å². The molecule has 2 aromatic carbocycles. The number of hydrogen-bond donors (Lipinski definition) is 1. The molecule has 0 atom stereocenters. The first kappa shape index (κ1) is 15.9. The van der Waals surface area contributed by atoms with Gasteiger partial charge in [-0.15, -0.1) is 0 Å². The van der Waals surface area contributed by atoms with E-state index in [0.717, 1.165) is 6.07 Å². The van der Waals surface area contributed by atoms with Gasteiger partial charge in [0.2, 0.25) is 5.88 Å². The normalized spacial score (nSPS) is 11.0. The van der Waals surface area contributed by atoms with E-state index in [0.29, 0.717) is 5.75 Å². The fraction of sp³-hybridized carbons (Fsp3) is 0. The Balaban J connectivity index is 1.82. The number of halogens is 1. The van der Waals surface area contributed by atoms with Crippen LogP contribution in [0.25, 0.3) is 0 Å². The molecule has 0 aliphatic rings. The molecule has 0 unspecified atom stereocenters. The number of aromatic nitrogens is 2. The number of nitrogens with zero attached hydrogens (tertiary/aromatic N) is 2. The number of sulfonamides is 1. The Morgan fingerprint density at radius 1 is 1.04 bits per heavy atom. The first-order valence-electron chi connectivity index (χ1n) is 6.85. The summed E-state index contributed by atoms with van der Waals surface area (Å²) in [5, 5.41) is 0. The molecule has 0 aliphatic carbocycles. The predicted molar refractivity (Wildman–Crippen MR) is 85.8 cm³/mol. The van der Waals surface area contributed by atoms with Crippen LogP contribution >= 0.6 is 0 Å². The van der Waals surface area contributed by atoms with E-state index in [-0.39, 0.29) is 16.5 Å². The van der Waals surface area contributed by atoms with Crippen LogP contribution in [0.3, 0.4) is 0 Å². The third-order valence-electron chi connectivity index (χ3n) is 2.95. The van der Waals surface area contributed by atoms with Crippen LogP contribution < -0.4 is 9.46 Å². The molecule has 0 amide bonds. The number of benzene rings is 2. The van der Waals surface area contributed by atoms with Crippen molar-refractivity contribution in [2.45, 2.75) is 4.90 Å². The maximum absolute atomic E-state index is 13.2. The highest BCUT2D eigenvalue weighted by atomic mass is 32.2. The molecule has 3 rings (SSSR count). The van der Waals surface area contributed by atoms with Crippen LogP contribution in [0.4, 0.5) is 10.1 Å². The fourth-order valence-corrected chi connectivity index (χ4v) is 3.01. The minimum absolute atomic E-state index is 0.164. The molecule has 0 saturated heterocycles. The second-order valence-electron chi connectivity index (χ2n) is 4.74. The summed E-state index contributed by atoms with van der Waals surface area (Å²) >= 11 is 0. The van der Waals surface area contributed by atoms with E-state index < -0.39 is 15.8 Å². The monoisotopic (exact) mass is 345 g/mol. The highest BCUT2D eigenvalue weighted by Gasteiger charge is 2.15. The molecule has 8 heteroatoms. The van der Waals surface area contributed by atoms with E-state index >= 15 is 0 Å². The van der Waals surface area contributed by atoms with Gasteiger partial charge in [-0.1, -0.05) is 12.1 Å². The molecule has 1 N–H and O–H groups in total. The van der Waals surface area contributed by atoms with Gasteiger partial charge in [0, 0.05) is 18.5 Å². The van der Waals surface area contributed by atoms with Crippen molar-refractivity contribution in [2.75, 3.05) is 4.72 Å². The SMILES string of the molecule is O=S(=O)(Nc1cccc(Oc2cnccn2)c1)c1cccc(F)c1. The second kappa shape index (κ2) is 6.63. The third-order valence-corrected chi connectivity index (χ3v) is 4.33. The van der Waals surface area contributed by atoms with Crippen molar-refractivity contribution in [3.63, 3.8) is 0 Å². The van der Waals surface area contributed by atoms with Gasteiger partial charge in [-0.05, 0) is 30.3 Å². The van der Waals surface area contributed by atoms with Crippen LogP contribution in [-0.2, 0) is 10.0 Å². The minimum Gasteiger partial charge on any atom is -0.437 e. The molecule has 6 nitrogen and oxygen atoms in total. The molecule has 0 bridgehead atoms. The Bertz CT molecular complexity index is 950. The Labute approximate surface area is 138 Å². The Morgan fingerprint density at radius 2 is 1.88 bits per heavy atom. The number of ether oxygens (including phenoxy) is 1. The van der Waals surface area contributed by atoms with E-state index in [4.69, 9.17) is 4.74 Å². The van der Waals surface area contributed by atoms with Crippen molar-refractivity contribution in [2.24, 2.45) is 0 Å². The van der Waals surface area contributed by atoms with Crippen molar-refractivity contribution in [1.29, 1.82) is 0 Å². The Morgan fingerprint density at radius 3 is 2.62 bits per heavy atom. The molecule has 0 saturated carbocycles. The summed E-state index contributed by atoms with van der Waals surface area (Å²) in [7, 11) is -3.90. The zero-order valence-corrected chi connectivity index (χ0v) is 13.1. The molecule has 0 fully saturated rings. The second-order valence-corrected chi connectivity index (χ2v) is 6.42. The van der Waals surface area contributed by atoms with Gasteiger partial charge in [0.25, 0.3) is 10.0 Å². The average molecular weight is 345 g/mol. The summed E-state index contributed by atoms with van der Waals surface area (Å²) in [6, 6.07) is 11.1. The maximum atomic E-state index is 13.2. The summed E-state index contributed by atoms with van der Waals surface area (Å²) in [5.41, 5.74) is 0.278. The predicted octanol–water partition coefficient (Wildman–Crippen LogP) is 3.21. The van der Waals surface area contributed by atoms with Crippen LogP contribution in [0.2, 0.25) is 0 Å². The topological polar surface area (TPSA) is 81.2 Å². The van der Waals surface area contributed by atoms with Gasteiger partial charge in [0.1, 0.15) is 11.6 Å². The van der Waals surface area contributed by atoms with Gasteiger partial charge in [0.15, 0.2) is 0 Å². The minimum atomic E-state index is -3.90. The van der Waals surface area contributed by atoms with Gasteiger partial charge in [-0.2, -0.15) is 0 Å². The molecule has 24 heavy (non-hydrogen) atoms. The fourth-order valence-electron chi connectivity index (χ4n) is 1.93. The van der Waals surface area contributed by atoms with E-state index in [1.165, 1.54) is 42.9 Å². The van der Waals surface area contributed by atoms with Crippen LogP contribution in [0.1, 0.15) is 0 Å². The van der Waals surface area contributed by atoms with Crippen molar-refractivity contribution in [3.05, 3.63) is 72.9 Å². The highest BCUT2D eigenvalue weighted by molar-refractivity contribution is 7.92. The van der Waals surface area contributed by atoms with E-state index in [2.05, 4.69) is 14.7 Å². The lowest BCUT2D eigenvalue weighted by Gasteiger charge is -2.10. The van der Waals surface area contributed by atoms with Crippen LogP contribution in [-0.4, -0.2) is 18.4 Å². The summed E-state index contributed by atoms with van der Waals surface area (Å²) in [5.74, 6) is 0.0372. The molecule has 0 spiro atoms. The third kappa shape index (κ3) is 3.85. The summed E-state index contributed by atoms with van der Waals surface area (Å²) in [6.45, 7) is 0. The van der Waals surface area contributed by atoms with Gasteiger partial charge in [-0.3, -0.25) is 9.71 Å². The largest absolute Gasteiger partial charge is 0.437 e. The molecule has 122 valence electrons. The van der Waals surface area contributed by atoms with Crippen LogP contribution in [0.15, 0.2) is 72.0 Å². The van der Waals surface area contributed by atoms with Gasteiger partial charge < -0.3 is 4.74 Å². The number of nitrogens with one attached hydrogen (secondary N) is 1. The first-order valence-corrected chi connectivity index (χ1v) is 8.33. The maximum Gasteiger partial charge on any atom is 0.261 e. The zero-order chi connectivity index (χ0) is 17.0. The molecule has 0 aliphatic heterocycles. The lowest BCUT2D eigenvalue weighted by atomic mass is 10.3. The molecule has 1 aromatic heterocycles. The van der Waals surface area contributed by atoms with Crippen LogP contribution in [0.5, 0.6) is 11.6 Å². The van der Waals surface area contributed by atoms with Crippen LogP contribution in [0, 0.1) is 5.82 Å². The van der Waals surface area contributed by atoms with Crippen molar-refractivity contribution < 1.29 is 17.5 Å². The number of rotatable bonds is 5. The van der Waals surface area contributed by atoms with Crippen molar-refractivity contribution in [1.82, 2.24) is 9.97 Å². The first-order chi connectivity index (χ1) is 11.5. The van der Waals surface area contributed by atoms with Crippen molar-refractivity contribution >= 4 is 15.7 Å². The Hall–Kier alpha value is -3.00. The molecule has 3 aromatic rings. The summed E-state index contributed by atoms with van der Waals surface area (Å²) in [4.78, 5) is 7.68. The summed E-state index contributed by atoms with van der Waals surface area (Å²) < 4.78 is 45.6. The van der Waals surface area contributed by atoms with Gasteiger partial charge in [-0.25, -0.2) is 17.8 Å². The average Bonchev–Trinajstić information content (AvgIpc) is 2.56. The highest BCUT2D eigenvalue weighted by Crippen LogP contribution is 2.24. The summed E-state index contributed by atoms with van der Waals surface area (Å²) in [6.07, 6.45) is 4.42. The molecular formula is C16H12FN3O3S. The molecule has 0 radical (unpaired) electrons. The van der Waals surface area contributed by atoms with E-state index in [9.17, 15) is 12.8 Å². The number of anilines is 1. The van der Waals surface area contributed by atoms with Gasteiger partial charge in [0.05, 0.1) is 16.8 Å². The number of hydrogen-bond acceptors (Lipinski definition) is 5.